The minimum atomic E-state index is -0.694. The van der Waals surface area contributed by atoms with Gasteiger partial charge in [-0.25, -0.2) is 4.79 Å². The second-order valence-electron chi connectivity index (χ2n) is 10.7. The van der Waals surface area contributed by atoms with Gasteiger partial charge in [-0.2, -0.15) is 0 Å². The fourth-order valence-electron chi connectivity index (χ4n) is 5.06. The summed E-state index contributed by atoms with van der Waals surface area (Å²) < 4.78 is 30.8. The first-order valence-electron chi connectivity index (χ1n) is 14.8. The van der Waals surface area contributed by atoms with E-state index in [0.29, 0.717) is 33.0 Å². The Morgan fingerprint density at radius 1 is 0.756 bits per heavy atom. The Balaban J connectivity index is 1.29. The number of hydrogen-bond donors (Lipinski definition) is 1. The molecule has 4 aromatic carbocycles. The van der Waals surface area contributed by atoms with Gasteiger partial charge in [-0.15, -0.1) is 0 Å². The fraction of sp³-hybridized carbons (Fsp3) is 0.286. The second-order valence-corrected chi connectivity index (χ2v) is 10.7. The van der Waals surface area contributed by atoms with Crippen LogP contribution in [0.1, 0.15) is 16.7 Å². The Hall–Kier alpha value is -4.61. The van der Waals surface area contributed by atoms with E-state index in [4.69, 9.17) is 23.7 Å². The molecule has 45 heavy (non-hydrogen) atoms. The van der Waals surface area contributed by atoms with E-state index in [-0.39, 0.29) is 23.9 Å². The molecule has 1 aliphatic heterocycles. The zero-order valence-corrected chi connectivity index (χ0v) is 24.7. The van der Waals surface area contributed by atoms with Crippen LogP contribution < -0.4 is 10.1 Å². The maximum atomic E-state index is 12.7. The molecular weight excluding hydrogens is 576 g/mol. The lowest BCUT2D eigenvalue weighted by Gasteiger charge is -2.42. The summed E-state index contributed by atoms with van der Waals surface area (Å²) >= 11 is 0. The summed E-state index contributed by atoms with van der Waals surface area (Å²) in [7, 11) is 0. The number of hydrogen-bond acceptors (Lipinski definition) is 8. The molecule has 10 heteroatoms. The van der Waals surface area contributed by atoms with Crippen LogP contribution in [0.15, 0.2) is 115 Å². The van der Waals surface area contributed by atoms with Gasteiger partial charge < -0.3 is 29.0 Å². The van der Waals surface area contributed by atoms with Gasteiger partial charge in [0.25, 0.3) is 5.69 Å². The van der Waals surface area contributed by atoms with Crippen LogP contribution in [0.3, 0.4) is 0 Å². The molecule has 0 radical (unpaired) electrons. The van der Waals surface area contributed by atoms with Crippen molar-refractivity contribution in [3.05, 3.63) is 142 Å². The van der Waals surface area contributed by atoms with Gasteiger partial charge in [0.1, 0.15) is 18.0 Å². The number of ether oxygens (including phenoxy) is 5. The largest absolute Gasteiger partial charge is 0.412 e. The summed E-state index contributed by atoms with van der Waals surface area (Å²) in [6.07, 6.45) is -2.06. The Labute approximate surface area is 262 Å². The van der Waals surface area contributed by atoms with Crippen molar-refractivity contribution in [2.75, 3.05) is 19.8 Å². The van der Waals surface area contributed by atoms with Crippen LogP contribution in [0.5, 0.6) is 5.75 Å². The standard InChI is InChI=1S/C35H36N2O8/c38-35(45-31-18-16-30(17-19-31)37(39)40)36-20-29-24-42-32(25-41-21-26-10-4-1-5-11-26)34(44-23-28-14-8-3-9-15-28)33(29)43-22-27-12-6-2-7-13-27/h1-19,29,32-34H,20-25H2,(H,36,38)/t29-,32-,33-,34+/m1/s1. The molecule has 234 valence electrons. The third-order valence-electron chi connectivity index (χ3n) is 7.41. The smallest absolute Gasteiger partial charge is 0.410 e. The summed E-state index contributed by atoms with van der Waals surface area (Å²) in [5.74, 6) is -0.0844. The minimum Gasteiger partial charge on any atom is -0.410 e. The molecular formula is C35H36N2O8. The quantitative estimate of drug-likeness (QED) is 0.134. The van der Waals surface area contributed by atoms with Crippen molar-refractivity contribution >= 4 is 11.8 Å². The number of nitrogens with one attached hydrogen (secondary N) is 1. The molecule has 0 spiro atoms. The first-order chi connectivity index (χ1) is 22.0. The van der Waals surface area contributed by atoms with Crippen molar-refractivity contribution < 1.29 is 33.4 Å². The van der Waals surface area contributed by atoms with Gasteiger partial charge in [0.05, 0.1) is 44.1 Å². The first kappa shape index (κ1) is 31.8. The predicted molar refractivity (Wildman–Crippen MR) is 166 cm³/mol. The maximum absolute atomic E-state index is 12.7. The fourth-order valence-corrected chi connectivity index (χ4v) is 5.06. The molecule has 0 aliphatic carbocycles. The Bertz CT molecular complexity index is 1470. The molecule has 5 rings (SSSR count). The highest BCUT2D eigenvalue weighted by atomic mass is 16.6. The van der Waals surface area contributed by atoms with E-state index < -0.39 is 29.3 Å². The number of carbonyl (C=O) groups is 1. The SMILES string of the molecule is O=C(NC[C@@H]1CO[C@H](COCc2ccccc2)[C@H](OCc2ccccc2)[C@@H]1OCc1ccccc1)Oc1ccc([N+](=O)[O-])cc1. The zero-order valence-electron chi connectivity index (χ0n) is 24.7. The van der Waals surface area contributed by atoms with Gasteiger partial charge in [-0.3, -0.25) is 10.1 Å². The summed E-state index contributed by atoms with van der Waals surface area (Å²) in [4.78, 5) is 23.1. The van der Waals surface area contributed by atoms with Gasteiger partial charge in [0.2, 0.25) is 0 Å². The average molecular weight is 613 g/mol. The van der Waals surface area contributed by atoms with Crippen molar-refractivity contribution in [3.8, 4) is 5.75 Å². The van der Waals surface area contributed by atoms with Crippen LogP contribution in [0.2, 0.25) is 0 Å². The Morgan fingerprint density at radius 3 is 1.84 bits per heavy atom. The number of nitro groups is 1. The van der Waals surface area contributed by atoms with Crippen LogP contribution in [0.4, 0.5) is 10.5 Å². The van der Waals surface area contributed by atoms with E-state index in [0.717, 1.165) is 16.7 Å². The van der Waals surface area contributed by atoms with Crippen LogP contribution >= 0.6 is 0 Å². The predicted octanol–water partition coefficient (Wildman–Crippen LogP) is 6.09. The summed E-state index contributed by atoms with van der Waals surface area (Å²) in [6.45, 7) is 1.90. The lowest BCUT2D eigenvalue weighted by atomic mass is 9.91. The monoisotopic (exact) mass is 612 g/mol. The molecule has 10 nitrogen and oxygen atoms in total. The number of benzene rings is 4. The van der Waals surface area contributed by atoms with Gasteiger partial charge in [0, 0.05) is 24.6 Å². The van der Waals surface area contributed by atoms with E-state index in [2.05, 4.69) is 5.32 Å². The van der Waals surface area contributed by atoms with Gasteiger partial charge in [-0.05, 0) is 28.8 Å². The number of nitro benzene ring substituents is 1. The van der Waals surface area contributed by atoms with E-state index >= 15 is 0 Å². The summed E-state index contributed by atoms with van der Waals surface area (Å²) in [5, 5.41) is 13.7. The second kappa shape index (κ2) is 16.5. The van der Waals surface area contributed by atoms with Crippen molar-refractivity contribution in [2.45, 2.75) is 38.1 Å². The van der Waals surface area contributed by atoms with E-state index in [1.807, 2.05) is 91.0 Å². The molecule has 0 saturated carbocycles. The molecule has 0 bridgehead atoms. The van der Waals surface area contributed by atoms with Crippen LogP contribution in [-0.2, 0) is 38.8 Å². The Kier molecular flexibility index (Phi) is 11.6. The summed E-state index contributed by atoms with van der Waals surface area (Å²) in [6, 6.07) is 35.0. The van der Waals surface area contributed by atoms with Crippen LogP contribution in [0.25, 0.3) is 0 Å². The molecule has 0 unspecified atom stereocenters. The molecule has 1 N–H and O–H groups in total. The van der Waals surface area contributed by atoms with Crippen LogP contribution in [-0.4, -0.2) is 49.1 Å². The lowest BCUT2D eigenvalue weighted by molar-refractivity contribution is -0.384. The van der Waals surface area contributed by atoms with Crippen LogP contribution in [0, 0.1) is 16.0 Å². The third-order valence-corrected chi connectivity index (χ3v) is 7.41. The molecule has 1 aliphatic rings. The van der Waals surface area contributed by atoms with Crippen molar-refractivity contribution in [3.63, 3.8) is 0 Å². The Morgan fingerprint density at radius 2 is 1.29 bits per heavy atom. The highest BCUT2D eigenvalue weighted by molar-refractivity contribution is 5.70. The zero-order chi connectivity index (χ0) is 31.3. The van der Waals surface area contributed by atoms with E-state index in [1.54, 1.807) is 0 Å². The van der Waals surface area contributed by atoms with Gasteiger partial charge in [0.15, 0.2) is 0 Å². The first-order valence-corrected chi connectivity index (χ1v) is 14.8. The van der Waals surface area contributed by atoms with Crippen molar-refractivity contribution in [1.82, 2.24) is 5.32 Å². The van der Waals surface area contributed by atoms with Crippen molar-refractivity contribution in [1.29, 1.82) is 0 Å². The molecule has 0 aromatic heterocycles. The average Bonchev–Trinajstić information content (AvgIpc) is 3.07. The topological polar surface area (TPSA) is 118 Å². The molecule has 4 atom stereocenters. The number of nitrogens with zero attached hydrogens (tertiary/aromatic N) is 1. The summed E-state index contributed by atoms with van der Waals surface area (Å²) in [5.41, 5.74) is 2.98. The third kappa shape index (κ3) is 9.69. The van der Waals surface area contributed by atoms with Gasteiger partial charge in [-0.1, -0.05) is 91.0 Å². The number of amides is 1. The highest BCUT2D eigenvalue weighted by Gasteiger charge is 2.42. The molecule has 1 heterocycles. The molecule has 4 aromatic rings. The number of carbonyl (C=O) groups excluding carboxylic acids is 1. The molecule has 1 amide bonds. The normalized spacial score (nSPS) is 19.5. The minimum absolute atomic E-state index is 0.0932. The molecule has 1 fully saturated rings. The molecule has 1 saturated heterocycles. The number of non-ortho nitro benzene ring substituents is 1. The lowest BCUT2D eigenvalue weighted by Crippen LogP contribution is -2.56. The van der Waals surface area contributed by atoms with Gasteiger partial charge >= 0.3 is 6.09 Å². The van der Waals surface area contributed by atoms with E-state index in [9.17, 15) is 14.9 Å². The van der Waals surface area contributed by atoms with E-state index in [1.165, 1.54) is 24.3 Å². The highest BCUT2D eigenvalue weighted by Crippen LogP contribution is 2.28. The number of rotatable bonds is 14. The van der Waals surface area contributed by atoms with Crippen molar-refractivity contribution in [2.24, 2.45) is 5.92 Å². The maximum Gasteiger partial charge on any atom is 0.412 e.